The summed E-state index contributed by atoms with van der Waals surface area (Å²) < 4.78 is 17.3. The Morgan fingerprint density at radius 1 is 0.800 bits per heavy atom. The fraction of sp³-hybridized carbons (Fsp3) is 0.172. The van der Waals surface area contributed by atoms with E-state index < -0.39 is 0 Å². The standard InChI is InChI=1S/C29H28N2O4/c1-3-33-27-17-16-22(18-28(27)34-4-2)29(32)31-30-19-23-11-6-8-15-26(23)35-20-24-13-9-12-21-10-5-7-14-25(21)24/h5-19H,3-4,20H2,1-2H3,(H,31,32)/b30-19+. The topological polar surface area (TPSA) is 69.2 Å². The maximum Gasteiger partial charge on any atom is 0.271 e. The Hall–Kier alpha value is -4.32. The number of carbonyl (C=O) groups excluding carboxylic acids is 1. The van der Waals surface area contributed by atoms with E-state index >= 15 is 0 Å². The monoisotopic (exact) mass is 468 g/mol. The van der Waals surface area contributed by atoms with Crippen molar-refractivity contribution in [3.8, 4) is 17.2 Å². The summed E-state index contributed by atoms with van der Waals surface area (Å²) in [6, 6.07) is 27.0. The van der Waals surface area contributed by atoms with Crippen molar-refractivity contribution in [1.29, 1.82) is 0 Å². The number of carbonyl (C=O) groups is 1. The molecule has 0 aromatic heterocycles. The molecule has 6 heteroatoms. The molecule has 4 aromatic rings. The van der Waals surface area contributed by atoms with E-state index in [1.807, 2.05) is 56.3 Å². The van der Waals surface area contributed by atoms with Gasteiger partial charge < -0.3 is 14.2 Å². The van der Waals surface area contributed by atoms with Gasteiger partial charge in [-0.2, -0.15) is 5.10 Å². The van der Waals surface area contributed by atoms with Gasteiger partial charge in [0.05, 0.1) is 19.4 Å². The van der Waals surface area contributed by atoms with E-state index in [-0.39, 0.29) is 5.91 Å². The van der Waals surface area contributed by atoms with Gasteiger partial charge in [-0.05, 0) is 60.5 Å². The van der Waals surface area contributed by atoms with Crippen LogP contribution >= 0.6 is 0 Å². The number of nitrogens with zero attached hydrogens (tertiary/aromatic N) is 1. The lowest BCUT2D eigenvalue weighted by molar-refractivity contribution is 0.0954. The minimum atomic E-state index is -0.348. The molecule has 0 saturated heterocycles. The van der Waals surface area contributed by atoms with E-state index in [0.717, 1.165) is 16.5 Å². The predicted molar refractivity (Wildman–Crippen MR) is 139 cm³/mol. The first-order valence-electron chi connectivity index (χ1n) is 11.6. The van der Waals surface area contributed by atoms with Crippen LogP contribution < -0.4 is 19.6 Å². The van der Waals surface area contributed by atoms with Gasteiger partial charge in [0.1, 0.15) is 12.4 Å². The number of fused-ring (bicyclic) bond motifs is 1. The molecule has 0 radical (unpaired) electrons. The molecule has 0 spiro atoms. The van der Waals surface area contributed by atoms with Crippen molar-refractivity contribution >= 4 is 22.9 Å². The van der Waals surface area contributed by atoms with Crippen LogP contribution in [-0.4, -0.2) is 25.3 Å². The quantitative estimate of drug-likeness (QED) is 0.230. The van der Waals surface area contributed by atoms with Crippen molar-refractivity contribution in [1.82, 2.24) is 5.43 Å². The highest BCUT2D eigenvalue weighted by Gasteiger charge is 2.11. The Balaban J connectivity index is 1.44. The van der Waals surface area contributed by atoms with Crippen LogP contribution in [0, 0.1) is 0 Å². The van der Waals surface area contributed by atoms with Crippen LogP contribution in [0.25, 0.3) is 10.8 Å². The summed E-state index contributed by atoms with van der Waals surface area (Å²) in [4.78, 5) is 12.6. The van der Waals surface area contributed by atoms with E-state index in [1.165, 1.54) is 5.39 Å². The molecule has 0 aliphatic rings. The Morgan fingerprint density at radius 3 is 2.40 bits per heavy atom. The summed E-state index contributed by atoms with van der Waals surface area (Å²) in [5.41, 5.74) is 4.86. The number of nitrogens with one attached hydrogen (secondary N) is 1. The first-order chi connectivity index (χ1) is 17.2. The second-order valence-electron chi connectivity index (χ2n) is 7.69. The molecular weight excluding hydrogens is 440 g/mol. The first kappa shape index (κ1) is 23.8. The average molecular weight is 469 g/mol. The maximum absolute atomic E-state index is 12.6. The molecule has 6 nitrogen and oxygen atoms in total. The largest absolute Gasteiger partial charge is 0.490 e. The molecule has 35 heavy (non-hydrogen) atoms. The Labute approximate surface area is 205 Å². The van der Waals surface area contributed by atoms with Crippen molar-refractivity contribution in [3.05, 3.63) is 102 Å². The average Bonchev–Trinajstić information content (AvgIpc) is 2.89. The molecule has 4 aromatic carbocycles. The predicted octanol–water partition coefficient (Wildman–Crippen LogP) is 5.98. The van der Waals surface area contributed by atoms with Gasteiger partial charge in [0.25, 0.3) is 5.91 Å². The number of ether oxygens (including phenoxy) is 3. The number of benzene rings is 4. The zero-order chi connectivity index (χ0) is 24.5. The Bertz CT molecular complexity index is 1330. The van der Waals surface area contributed by atoms with E-state index in [2.05, 4.69) is 34.8 Å². The Morgan fingerprint density at radius 2 is 1.54 bits per heavy atom. The third kappa shape index (κ3) is 5.98. The lowest BCUT2D eigenvalue weighted by Crippen LogP contribution is -2.18. The fourth-order valence-corrected chi connectivity index (χ4v) is 3.71. The highest BCUT2D eigenvalue weighted by Crippen LogP contribution is 2.28. The van der Waals surface area contributed by atoms with Crippen LogP contribution in [0.4, 0.5) is 0 Å². The van der Waals surface area contributed by atoms with Crippen LogP contribution in [0.3, 0.4) is 0 Å². The number of rotatable bonds is 10. The van der Waals surface area contributed by atoms with Crippen molar-refractivity contribution in [2.75, 3.05) is 13.2 Å². The minimum Gasteiger partial charge on any atom is -0.490 e. The number of hydrogen-bond acceptors (Lipinski definition) is 5. The van der Waals surface area contributed by atoms with Crippen LogP contribution in [0.1, 0.15) is 35.3 Å². The van der Waals surface area contributed by atoms with Crippen molar-refractivity contribution < 1.29 is 19.0 Å². The molecule has 0 heterocycles. The SMILES string of the molecule is CCOc1ccc(C(=O)N/N=C/c2ccccc2OCc2cccc3ccccc23)cc1OCC. The van der Waals surface area contributed by atoms with Gasteiger partial charge in [-0.25, -0.2) is 5.43 Å². The van der Waals surface area contributed by atoms with Gasteiger partial charge in [-0.1, -0.05) is 54.6 Å². The molecule has 0 unspecified atom stereocenters. The summed E-state index contributed by atoms with van der Waals surface area (Å²) in [6.45, 7) is 5.18. The summed E-state index contributed by atoms with van der Waals surface area (Å²) in [6.07, 6.45) is 1.58. The zero-order valence-corrected chi connectivity index (χ0v) is 19.9. The van der Waals surface area contributed by atoms with Crippen molar-refractivity contribution in [3.63, 3.8) is 0 Å². The van der Waals surface area contributed by atoms with Gasteiger partial charge in [-0.15, -0.1) is 0 Å². The van der Waals surface area contributed by atoms with Crippen molar-refractivity contribution in [2.45, 2.75) is 20.5 Å². The van der Waals surface area contributed by atoms with Gasteiger partial charge >= 0.3 is 0 Å². The van der Waals surface area contributed by atoms with E-state index in [9.17, 15) is 4.79 Å². The van der Waals surface area contributed by atoms with E-state index in [0.29, 0.717) is 42.6 Å². The molecule has 0 aliphatic carbocycles. The highest BCUT2D eigenvalue weighted by molar-refractivity contribution is 5.95. The van der Waals surface area contributed by atoms with Crippen LogP contribution in [0.2, 0.25) is 0 Å². The Kier molecular flexibility index (Phi) is 7.96. The molecule has 0 fully saturated rings. The normalized spacial score (nSPS) is 10.9. The lowest BCUT2D eigenvalue weighted by Gasteiger charge is -2.12. The maximum atomic E-state index is 12.6. The van der Waals surface area contributed by atoms with E-state index in [1.54, 1.807) is 24.4 Å². The summed E-state index contributed by atoms with van der Waals surface area (Å²) in [7, 11) is 0. The molecule has 1 N–H and O–H groups in total. The molecule has 0 aliphatic heterocycles. The molecule has 178 valence electrons. The van der Waals surface area contributed by atoms with Crippen molar-refractivity contribution in [2.24, 2.45) is 5.10 Å². The molecule has 0 bridgehead atoms. The molecular formula is C29H28N2O4. The highest BCUT2D eigenvalue weighted by atomic mass is 16.5. The lowest BCUT2D eigenvalue weighted by atomic mass is 10.1. The third-order valence-electron chi connectivity index (χ3n) is 5.36. The fourth-order valence-electron chi connectivity index (χ4n) is 3.71. The zero-order valence-electron chi connectivity index (χ0n) is 19.9. The number of para-hydroxylation sites is 1. The summed E-state index contributed by atoms with van der Waals surface area (Å²) in [5, 5.41) is 6.48. The second-order valence-corrected chi connectivity index (χ2v) is 7.69. The summed E-state index contributed by atoms with van der Waals surface area (Å²) in [5.74, 6) is 1.46. The first-order valence-corrected chi connectivity index (χ1v) is 11.6. The molecule has 0 atom stereocenters. The van der Waals surface area contributed by atoms with Gasteiger partial charge in [0, 0.05) is 11.1 Å². The van der Waals surface area contributed by atoms with Gasteiger partial charge in [-0.3, -0.25) is 4.79 Å². The third-order valence-corrected chi connectivity index (χ3v) is 5.36. The number of hydrazone groups is 1. The summed E-state index contributed by atoms with van der Waals surface area (Å²) >= 11 is 0. The molecule has 1 amide bonds. The molecule has 4 rings (SSSR count). The van der Waals surface area contributed by atoms with E-state index in [4.69, 9.17) is 14.2 Å². The smallest absolute Gasteiger partial charge is 0.271 e. The second kappa shape index (κ2) is 11.7. The van der Waals surface area contributed by atoms with Gasteiger partial charge in [0.2, 0.25) is 0 Å². The number of amides is 1. The minimum absolute atomic E-state index is 0.348. The van der Waals surface area contributed by atoms with Crippen LogP contribution in [0.15, 0.2) is 90.0 Å². The number of hydrogen-bond donors (Lipinski definition) is 1. The van der Waals surface area contributed by atoms with Gasteiger partial charge in [0.15, 0.2) is 11.5 Å². The van der Waals surface area contributed by atoms with Crippen LogP contribution in [0.5, 0.6) is 17.2 Å². The molecule has 0 saturated carbocycles. The van der Waals surface area contributed by atoms with Crippen LogP contribution in [-0.2, 0) is 6.61 Å².